The maximum Gasteiger partial charge on any atom is 0.240 e. The normalized spacial score (nSPS) is 41.9. The third-order valence-electron chi connectivity index (χ3n) is 13.8. The van der Waals surface area contributed by atoms with Gasteiger partial charge in [-0.25, -0.2) is 0 Å². The second-order valence-electron chi connectivity index (χ2n) is 16.9. The molecule has 2 amide bonds. The van der Waals surface area contributed by atoms with Crippen molar-refractivity contribution in [2.75, 3.05) is 54.6 Å². The number of hydrogen-bond acceptors (Lipinski definition) is 9. The number of fused-ring (bicyclic) bond motifs is 2. The first-order chi connectivity index (χ1) is 22.8. The van der Waals surface area contributed by atoms with Crippen LogP contribution in [0.15, 0.2) is 0 Å². The fourth-order valence-electron chi connectivity index (χ4n) is 10.8. The quantitative estimate of drug-likeness (QED) is 0.217. The van der Waals surface area contributed by atoms with Gasteiger partial charge in [-0.2, -0.15) is 5.06 Å². The second-order valence-corrected chi connectivity index (χ2v) is 16.9. The molecule has 1 heterocycles. The first-order valence-electron chi connectivity index (χ1n) is 18.8. The van der Waals surface area contributed by atoms with Crippen LogP contribution in [0.4, 0.5) is 0 Å². The molecule has 0 aromatic heterocycles. The summed E-state index contributed by atoms with van der Waals surface area (Å²) in [6.07, 6.45) is 6.38. The van der Waals surface area contributed by atoms with E-state index < -0.39 is 24.2 Å². The molecule has 48 heavy (non-hydrogen) atoms. The number of methoxy groups -OCH3 is 2. The predicted octanol–water partition coefficient (Wildman–Crippen LogP) is 2.69. The Labute approximate surface area is 289 Å². The van der Waals surface area contributed by atoms with Crippen LogP contribution in [0.3, 0.4) is 0 Å². The van der Waals surface area contributed by atoms with Crippen LogP contribution >= 0.6 is 0 Å². The highest BCUT2D eigenvalue weighted by atomic mass is 16.7. The number of nitrogens with one attached hydrogen (secondary N) is 2. The van der Waals surface area contributed by atoms with Crippen molar-refractivity contribution in [3.63, 3.8) is 0 Å². The molecule has 11 nitrogen and oxygen atoms in total. The Kier molecular flexibility index (Phi) is 12.6. The number of carbonyl (C=O) groups is 2. The van der Waals surface area contributed by atoms with Gasteiger partial charge in [0.15, 0.2) is 0 Å². The van der Waals surface area contributed by atoms with Crippen molar-refractivity contribution in [1.29, 1.82) is 0 Å². The summed E-state index contributed by atoms with van der Waals surface area (Å²) in [5, 5.41) is 29.5. The first kappa shape index (κ1) is 37.9. The minimum absolute atomic E-state index is 0.0555. The molecule has 0 aromatic rings. The lowest BCUT2D eigenvalue weighted by Crippen LogP contribution is -2.62. The van der Waals surface area contributed by atoms with Crippen molar-refractivity contribution in [2.24, 2.45) is 52.8 Å². The minimum atomic E-state index is -0.825. The molecule has 5 aliphatic carbocycles. The van der Waals surface area contributed by atoms with Crippen LogP contribution in [-0.4, -0.2) is 123 Å². The molecule has 0 aromatic carbocycles. The van der Waals surface area contributed by atoms with E-state index >= 15 is 0 Å². The second kappa shape index (κ2) is 15.9. The molecule has 2 bridgehead atoms. The Morgan fingerprint density at radius 3 is 2.44 bits per heavy atom. The summed E-state index contributed by atoms with van der Waals surface area (Å²) < 4.78 is 11.5. The van der Waals surface area contributed by atoms with Crippen molar-refractivity contribution < 1.29 is 34.1 Å². The molecule has 0 radical (unpaired) electrons. The number of hydrogen-bond donors (Lipinski definition) is 4. The Bertz CT molecular complexity index is 1090. The lowest BCUT2D eigenvalue weighted by atomic mass is 9.45. The number of aliphatic hydroxyl groups is 2. The Balaban J connectivity index is 1.31. The summed E-state index contributed by atoms with van der Waals surface area (Å²) in [5.41, 5.74) is 0.318. The summed E-state index contributed by atoms with van der Waals surface area (Å²) in [7, 11) is 7.65. The van der Waals surface area contributed by atoms with Crippen molar-refractivity contribution in [3.8, 4) is 0 Å². The number of carbonyl (C=O) groups excluding carboxylic acids is 2. The Morgan fingerprint density at radius 1 is 1.08 bits per heavy atom. The Morgan fingerprint density at radius 2 is 1.83 bits per heavy atom. The summed E-state index contributed by atoms with van der Waals surface area (Å²) in [5.74, 6) is 1.69. The maximum absolute atomic E-state index is 14.2. The number of ether oxygens (including phenoxy) is 2. The van der Waals surface area contributed by atoms with Gasteiger partial charge in [0, 0.05) is 57.1 Å². The molecule has 11 heteroatoms. The lowest BCUT2D eigenvalue weighted by Gasteiger charge is -2.62. The average Bonchev–Trinajstić information content (AvgIpc) is 3.43. The molecule has 6 fully saturated rings. The van der Waals surface area contributed by atoms with E-state index in [0.29, 0.717) is 54.8 Å². The van der Waals surface area contributed by atoms with Crippen molar-refractivity contribution in [1.82, 2.24) is 20.6 Å². The molecule has 6 aliphatic rings. The zero-order valence-electron chi connectivity index (χ0n) is 30.9. The lowest BCUT2D eigenvalue weighted by molar-refractivity contribution is -0.193. The van der Waals surface area contributed by atoms with Gasteiger partial charge in [-0.3, -0.25) is 14.4 Å². The molecule has 5 saturated carbocycles. The van der Waals surface area contributed by atoms with E-state index in [4.69, 9.17) is 14.3 Å². The molecule has 1 saturated heterocycles. The number of hydroxylamine groups is 2. The molecule has 276 valence electrons. The van der Waals surface area contributed by atoms with E-state index in [1.807, 2.05) is 0 Å². The average molecular weight is 679 g/mol. The van der Waals surface area contributed by atoms with E-state index in [2.05, 4.69) is 50.4 Å². The van der Waals surface area contributed by atoms with Gasteiger partial charge in [-0.1, -0.05) is 27.2 Å². The third-order valence-corrected chi connectivity index (χ3v) is 13.8. The van der Waals surface area contributed by atoms with Gasteiger partial charge < -0.3 is 35.2 Å². The van der Waals surface area contributed by atoms with Crippen LogP contribution in [-0.2, 0) is 23.9 Å². The van der Waals surface area contributed by atoms with Crippen LogP contribution in [0.5, 0.6) is 0 Å². The van der Waals surface area contributed by atoms with Crippen LogP contribution in [0.25, 0.3) is 0 Å². The highest BCUT2D eigenvalue weighted by Crippen LogP contribution is 2.61. The highest BCUT2D eigenvalue weighted by molar-refractivity contribution is 5.83. The van der Waals surface area contributed by atoms with Crippen LogP contribution in [0, 0.1) is 52.8 Å². The van der Waals surface area contributed by atoms with E-state index in [1.165, 1.54) is 6.42 Å². The van der Waals surface area contributed by atoms with Gasteiger partial charge in [-0.15, -0.1) is 0 Å². The monoisotopic (exact) mass is 678 g/mol. The topological polar surface area (TPSA) is 133 Å². The van der Waals surface area contributed by atoms with Gasteiger partial charge in [-0.05, 0) is 101 Å². The number of nitrogens with zero attached hydrogens (tertiary/aromatic N) is 2. The fraction of sp³-hybridized carbons (Fsp3) is 0.946. The number of rotatable bonds is 13. The first-order valence-corrected chi connectivity index (χ1v) is 18.8. The summed E-state index contributed by atoms with van der Waals surface area (Å²) in [6.45, 7) is 9.91. The standard InChI is InChI=1S/C37H66N4O7/c1-21-29-17-26(37(29,3)4)18-30(21)39-36(45)33-32(22(2)43)31(20-42)48-41(33)19-23-10-9-11-28(34(23)47-8)24-14-25(16-27(15-24)40(5)6)35(44)38-12-13-46-7/h21-34,42-43H,9-20H2,1-8H3,(H,38,44)(H,39,45)/t21-,22-,23?,24?,25?,26+,27?,28?,29-,30-,31-,32+,33-,34?/m0/s1. The summed E-state index contributed by atoms with van der Waals surface area (Å²) in [4.78, 5) is 36.1. The van der Waals surface area contributed by atoms with Crippen molar-refractivity contribution in [2.45, 2.75) is 115 Å². The zero-order valence-corrected chi connectivity index (χ0v) is 30.9. The fourth-order valence-corrected chi connectivity index (χ4v) is 10.8. The molecule has 1 aliphatic heterocycles. The van der Waals surface area contributed by atoms with Crippen LogP contribution in [0.2, 0.25) is 0 Å². The highest BCUT2D eigenvalue weighted by Gasteiger charge is 2.58. The molecule has 6 unspecified atom stereocenters. The molecule has 6 rings (SSSR count). The molecule has 14 atom stereocenters. The van der Waals surface area contributed by atoms with Gasteiger partial charge in [0.25, 0.3) is 0 Å². The Hall–Kier alpha value is -1.34. The van der Waals surface area contributed by atoms with Gasteiger partial charge in [0.2, 0.25) is 11.8 Å². The van der Waals surface area contributed by atoms with E-state index in [-0.39, 0.29) is 48.3 Å². The van der Waals surface area contributed by atoms with Gasteiger partial charge in [0.05, 0.1) is 25.4 Å². The summed E-state index contributed by atoms with van der Waals surface area (Å²) in [6, 6.07) is -0.294. The molecule has 0 spiro atoms. The van der Waals surface area contributed by atoms with E-state index in [0.717, 1.165) is 44.9 Å². The van der Waals surface area contributed by atoms with Crippen molar-refractivity contribution >= 4 is 11.8 Å². The minimum Gasteiger partial charge on any atom is -0.394 e. The van der Waals surface area contributed by atoms with Crippen LogP contribution in [0.1, 0.15) is 79.1 Å². The SMILES string of the molecule is COCCNC(=O)C1CC(C2CCCC(CN3O[C@@H](CO)[C@@H]([C@H](C)O)[C@H]3C(=O)N[C@H]3C[C@H]4C[C@@H]([C@@H]3C)C4(C)C)C2OC)CC(N(C)C)C1. The predicted molar refractivity (Wildman–Crippen MR) is 184 cm³/mol. The summed E-state index contributed by atoms with van der Waals surface area (Å²) >= 11 is 0. The van der Waals surface area contributed by atoms with Crippen LogP contribution < -0.4 is 10.6 Å². The van der Waals surface area contributed by atoms with E-state index in [1.54, 1.807) is 26.2 Å². The molecular formula is C37H66N4O7. The van der Waals surface area contributed by atoms with Gasteiger partial charge in [0.1, 0.15) is 12.1 Å². The number of aliphatic hydroxyl groups excluding tert-OH is 2. The van der Waals surface area contributed by atoms with Crippen molar-refractivity contribution in [3.05, 3.63) is 0 Å². The maximum atomic E-state index is 14.2. The number of amides is 2. The molecule has 4 N–H and O–H groups in total. The van der Waals surface area contributed by atoms with E-state index in [9.17, 15) is 19.8 Å². The third kappa shape index (κ3) is 7.63. The smallest absolute Gasteiger partial charge is 0.240 e. The molecular weight excluding hydrogens is 612 g/mol. The van der Waals surface area contributed by atoms with Gasteiger partial charge >= 0.3 is 0 Å². The zero-order chi connectivity index (χ0) is 34.9. The largest absolute Gasteiger partial charge is 0.394 e.